The van der Waals surface area contributed by atoms with Gasteiger partial charge in [-0.25, -0.2) is 22.0 Å². The molecule has 1 saturated carbocycles. The maximum Gasteiger partial charge on any atom is 0.458 e. The smallest absolute Gasteiger partial charge is 0.206 e. The van der Waals surface area contributed by atoms with Crippen molar-refractivity contribution in [2.24, 2.45) is 17.8 Å². The quantitative estimate of drug-likeness (QED) is 0.140. The summed E-state index contributed by atoms with van der Waals surface area (Å²) in [6.45, 7) is 2.22. The van der Waals surface area contributed by atoms with Crippen LogP contribution in [0, 0.1) is 58.7 Å². The van der Waals surface area contributed by atoms with Gasteiger partial charge in [0.2, 0.25) is 0 Å². The molecule has 3 aromatic carbocycles. The highest BCUT2D eigenvalue weighted by Gasteiger charge is 2.32. The maximum absolute atomic E-state index is 15.8. The Hall–Kier alpha value is -3.34. The van der Waals surface area contributed by atoms with E-state index in [0.29, 0.717) is 36.0 Å². The molecule has 0 radical (unpaired) electrons. The molecule has 0 aromatic heterocycles. The Labute approximate surface area is 252 Å². The topological polar surface area (TPSA) is 0 Å². The Kier molecular flexibility index (Phi) is 9.72. The second-order valence-corrected chi connectivity index (χ2v) is 12.2. The van der Waals surface area contributed by atoms with Crippen LogP contribution in [0.15, 0.2) is 36.4 Å². The molecule has 1 fully saturated rings. The first-order valence-electron chi connectivity index (χ1n) is 15.3. The lowest BCUT2D eigenvalue weighted by atomic mass is 9.69. The number of alkyl halides is 3. The lowest BCUT2D eigenvalue weighted by Crippen LogP contribution is -2.27. The van der Waals surface area contributed by atoms with Gasteiger partial charge in [0.15, 0.2) is 0 Å². The number of benzene rings is 3. The van der Waals surface area contributed by atoms with Crippen molar-refractivity contribution < 1.29 is 35.1 Å². The molecule has 2 aliphatic rings. The molecular formula is C36H34F8. The summed E-state index contributed by atoms with van der Waals surface area (Å²) >= 11 is 0. The van der Waals surface area contributed by atoms with Gasteiger partial charge in [0.05, 0.1) is 11.1 Å². The van der Waals surface area contributed by atoms with Gasteiger partial charge in [-0.15, -0.1) is 0 Å². The van der Waals surface area contributed by atoms with Crippen LogP contribution in [0.4, 0.5) is 35.1 Å². The predicted molar refractivity (Wildman–Crippen MR) is 155 cm³/mol. The van der Waals surface area contributed by atoms with E-state index in [2.05, 4.69) is 6.92 Å². The van der Waals surface area contributed by atoms with Gasteiger partial charge in [0.25, 0.3) is 0 Å². The zero-order chi connectivity index (χ0) is 31.6. The largest absolute Gasteiger partial charge is 0.458 e. The Morgan fingerprint density at radius 1 is 0.750 bits per heavy atom. The molecule has 0 heterocycles. The van der Waals surface area contributed by atoms with Crippen molar-refractivity contribution in [3.05, 3.63) is 82.2 Å². The van der Waals surface area contributed by atoms with Crippen LogP contribution >= 0.6 is 0 Å². The van der Waals surface area contributed by atoms with Gasteiger partial charge >= 0.3 is 6.18 Å². The minimum absolute atomic E-state index is 0.0225. The number of hydrogen-bond acceptors (Lipinski definition) is 0. The molecule has 1 atom stereocenters. The van der Waals surface area contributed by atoms with Gasteiger partial charge in [-0.1, -0.05) is 63.5 Å². The third-order valence-electron chi connectivity index (χ3n) is 9.37. The zero-order valence-electron chi connectivity index (χ0n) is 24.5. The summed E-state index contributed by atoms with van der Waals surface area (Å²) in [5.41, 5.74) is -1.09. The molecule has 0 N–H and O–H groups in total. The molecule has 2 aliphatic carbocycles. The highest BCUT2D eigenvalue weighted by atomic mass is 19.4. The van der Waals surface area contributed by atoms with Crippen LogP contribution in [0.5, 0.6) is 0 Å². The third kappa shape index (κ3) is 7.14. The molecule has 0 saturated heterocycles. The Morgan fingerprint density at radius 3 is 2.00 bits per heavy atom. The van der Waals surface area contributed by atoms with Crippen LogP contribution < -0.4 is 0 Å². The Bertz CT molecular complexity index is 1520. The average Bonchev–Trinajstić information content (AvgIpc) is 2.96. The fraction of sp³-hybridized carbons (Fsp3) is 0.444. The van der Waals surface area contributed by atoms with Gasteiger partial charge in [0.1, 0.15) is 29.1 Å². The number of hydrogen-bond donors (Lipinski definition) is 0. The summed E-state index contributed by atoms with van der Waals surface area (Å²) in [7, 11) is 0. The molecule has 8 heteroatoms. The standard InChI is InChI=1S/C36H34F8/c1-2-3-4-5-21-6-8-22(9-7-21)23-10-12-27-24(16-23)11-13-28(35(27)41)25-17-32(39)34(33(40)18-25)26-19-30(37)29(31(38)20-26)14-15-36(42,43)44/h11,13,17-23H,2-10,12,16H2,1H3. The molecule has 0 nitrogen and oxygen atoms in total. The van der Waals surface area contributed by atoms with Crippen LogP contribution in [0.3, 0.4) is 0 Å². The van der Waals surface area contributed by atoms with E-state index in [1.165, 1.54) is 63.4 Å². The number of fused-ring (bicyclic) bond motifs is 1. The van der Waals surface area contributed by atoms with Crippen LogP contribution in [0.1, 0.15) is 81.4 Å². The van der Waals surface area contributed by atoms with Crippen LogP contribution in [0.2, 0.25) is 0 Å². The van der Waals surface area contributed by atoms with Crippen LogP contribution in [-0.2, 0) is 12.8 Å². The first-order valence-corrected chi connectivity index (χ1v) is 15.3. The van der Waals surface area contributed by atoms with Crippen molar-refractivity contribution in [1.29, 1.82) is 0 Å². The van der Waals surface area contributed by atoms with E-state index >= 15 is 13.2 Å². The first-order chi connectivity index (χ1) is 20.9. The maximum atomic E-state index is 15.8. The van der Waals surface area contributed by atoms with E-state index in [0.717, 1.165) is 42.4 Å². The normalized spacial score (nSPS) is 20.2. The highest BCUT2D eigenvalue weighted by Crippen LogP contribution is 2.43. The first kappa shape index (κ1) is 32.1. The van der Waals surface area contributed by atoms with Crippen molar-refractivity contribution in [3.8, 4) is 34.1 Å². The molecule has 1 unspecified atom stereocenters. The zero-order valence-corrected chi connectivity index (χ0v) is 24.5. The lowest BCUT2D eigenvalue weighted by Gasteiger charge is -2.37. The van der Waals surface area contributed by atoms with Gasteiger partial charge in [-0.2, -0.15) is 13.2 Å². The number of unbranched alkanes of at least 4 members (excludes halogenated alkanes) is 2. The third-order valence-corrected chi connectivity index (χ3v) is 9.37. The molecule has 0 spiro atoms. The van der Waals surface area contributed by atoms with E-state index in [-0.39, 0.29) is 11.1 Å². The molecule has 0 amide bonds. The van der Waals surface area contributed by atoms with Crippen molar-refractivity contribution in [2.75, 3.05) is 0 Å². The molecule has 0 bridgehead atoms. The van der Waals surface area contributed by atoms with Gasteiger partial charge in [-0.05, 0) is 96.4 Å². The molecule has 44 heavy (non-hydrogen) atoms. The Morgan fingerprint density at radius 2 is 1.39 bits per heavy atom. The molecule has 5 rings (SSSR count). The van der Waals surface area contributed by atoms with E-state index in [4.69, 9.17) is 0 Å². The summed E-state index contributed by atoms with van der Waals surface area (Å²) in [5, 5.41) is 0. The summed E-state index contributed by atoms with van der Waals surface area (Å²) in [4.78, 5) is 0. The minimum atomic E-state index is -4.98. The molecule has 3 aromatic rings. The lowest BCUT2D eigenvalue weighted by molar-refractivity contribution is -0.0696. The van der Waals surface area contributed by atoms with Crippen molar-refractivity contribution in [3.63, 3.8) is 0 Å². The van der Waals surface area contributed by atoms with E-state index in [1.54, 1.807) is 0 Å². The number of rotatable bonds is 7. The van der Waals surface area contributed by atoms with Crippen molar-refractivity contribution in [2.45, 2.75) is 83.7 Å². The van der Waals surface area contributed by atoms with E-state index in [9.17, 15) is 22.0 Å². The average molecular weight is 619 g/mol. The minimum Gasteiger partial charge on any atom is -0.206 e. The predicted octanol–water partition coefficient (Wildman–Crippen LogP) is 11.1. The molecule has 234 valence electrons. The van der Waals surface area contributed by atoms with Crippen LogP contribution in [-0.4, -0.2) is 6.18 Å². The number of halogens is 8. The second kappa shape index (κ2) is 13.3. The highest BCUT2D eigenvalue weighted by molar-refractivity contribution is 5.73. The Balaban J connectivity index is 1.33. The van der Waals surface area contributed by atoms with Crippen LogP contribution in [0.25, 0.3) is 22.3 Å². The summed E-state index contributed by atoms with van der Waals surface area (Å²) in [6, 6.07) is 6.15. The molecule has 0 aliphatic heterocycles. The summed E-state index contributed by atoms with van der Waals surface area (Å²) < 4.78 is 112. The van der Waals surface area contributed by atoms with Gasteiger partial charge in [-0.3, -0.25) is 0 Å². The fourth-order valence-electron chi connectivity index (χ4n) is 7.07. The summed E-state index contributed by atoms with van der Waals surface area (Å²) in [5.74, 6) is -1.86. The van der Waals surface area contributed by atoms with Gasteiger partial charge in [0, 0.05) is 11.5 Å². The van der Waals surface area contributed by atoms with E-state index in [1.807, 2.05) is 6.07 Å². The second-order valence-electron chi connectivity index (χ2n) is 12.2. The fourth-order valence-corrected chi connectivity index (χ4v) is 7.07. The summed E-state index contributed by atoms with van der Waals surface area (Å²) in [6.07, 6.45) is 7.27. The molecular weight excluding hydrogens is 584 g/mol. The van der Waals surface area contributed by atoms with Crippen molar-refractivity contribution >= 4 is 0 Å². The van der Waals surface area contributed by atoms with Gasteiger partial charge < -0.3 is 0 Å². The van der Waals surface area contributed by atoms with E-state index < -0.39 is 52.0 Å². The van der Waals surface area contributed by atoms with Crippen molar-refractivity contribution in [1.82, 2.24) is 0 Å². The monoisotopic (exact) mass is 618 g/mol. The SMILES string of the molecule is CCCCCC1CCC(C2CCc3c(ccc(-c4cc(F)c(-c5cc(F)c(C#CC(F)(F)F)c(F)c5)c(F)c4)c3F)C2)CC1.